The number of hydrogen-bond donors (Lipinski definition) is 0. The SMILES string of the molecule is Cc1cn(C)c(C2CCCN2Cc2cc(F)ccc2F)n1. The zero-order valence-electron chi connectivity index (χ0n) is 12.3. The van der Waals surface area contributed by atoms with E-state index in [2.05, 4.69) is 9.88 Å². The van der Waals surface area contributed by atoms with Gasteiger partial charge in [-0.25, -0.2) is 13.8 Å². The average molecular weight is 291 g/mol. The second-order valence-electron chi connectivity index (χ2n) is 5.72. The van der Waals surface area contributed by atoms with Crippen molar-refractivity contribution in [2.45, 2.75) is 32.4 Å². The number of rotatable bonds is 3. The van der Waals surface area contributed by atoms with Crippen LogP contribution in [0.15, 0.2) is 24.4 Å². The minimum absolute atomic E-state index is 0.173. The molecule has 1 atom stereocenters. The van der Waals surface area contributed by atoms with E-state index in [9.17, 15) is 8.78 Å². The van der Waals surface area contributed by atoms with Gasteiger partial charge in [-0.15, -0.1) is 0 Å². The van der Waals surface area contributed by atoms with Crippen molar-refractivity contribution in [2.24, 2.45) is 7.05 Å². The van der Waals surface area contributed by atoms with E-state index in [0.29, 0.717) is 12.1 Å². The second-order valence-corrected chi connectivity index (χ2v) is 5.72. The van der Waals surface area contributed by atoms with E-state index in [1.54, 1.807) is 0 Å². The molecule has 1 unspecified atom stereocenters. The second kappa shape index (κ2) is 5.56. The molecule has 0 amide bonds. The largest absolute Gasteiger partial charge is 0.336 e. The first-order valence-corrected chi connectivity index (χ1v) is 7.22. The number of imidazole rings is 1. The number of nitrogens with zero attached hydrogens (tertiary/aromatic N) is 3. The molecule has 112 valence electrons. The van der Waals surface area contributed by atoms with Crippen molar-refractivity contribution in [2.75, 3.05) is 6.54 Å². The molecule has 2 heterocycles. The first-order chi connectivity index (χ1) is 10.0. The van der Waals surface area contributed by atoms with Gasteiger partial charge in [0.05, 0.1) is 11.7 Å². The summed E-state index contributed by atoms with van der Waals surface area (Å²) in [5, 5.41) is 0. The van der Waals surface area contributed by atoms with Crippen LogP contribution in [-0.2, 0) is 13.6 Å². The van der Waals surface area contributed by atoms with Crippen molar-refractivity contribution in [1.29, 1.82) is 0 Å². The summed E-state index contributed by atoms with van der Waals surface area (Å²) in [6, 6.07) is 3.81. The Kier molecular flexibility index (Phi) is 3.76. The van der Waals surface area contributed by atoms with Gasteiger partial charge in [-0.2, -0.15) is 0 Å². The highest BCUT2D eigenvalue weighted by atomic mass is 19.1. The minimum Gasteiger partial charge on any atom is -0.336 e. The summed E-state index contributed by atoms with van der Waals surface area (Å²) in [5.41, 5.74) is 1.39. The Hall–Kier alpha value is -1.75. The molecule has 1 saturated heterocycles. The molecule has 3 rings (SSSR count). The molecule has 3 nitrogen and oxygen atoms in total. The smallest absolute Gasteiger partial charge is 0.127 e. The summed E-state index contributed by atoms with van der Waals surface area (Å²) >= 11 is 0. The lowest BCUT2D eigenvalue weighted by molar-refractivity contribution is 0.233. The molecular formula is C16H19F2N3. The van der Waals surface area contributed by atoms with Crippen molar-refractivity contribution < 1.29 is 8.78 Å². The Morgan fingerprint density at radius 3 is 2.86 bits per heavy atom. The normalized spacial score (nSPS) is 19.3. The third-order valence-corrected chi connectivity index (χ3v) is 4.08. The van der Waals surface area contributed by atoms with E-state index in [1.165, 1.54) is 12.1 Å². The maximum absolute atomic E-state index is 13.8. The molecule has 2 aromatic rings. The van der Waals surface area contributed by atoms with E-state index >= 15 is 0 Å². The zero-order valence-corrected chi connectivity index (χ0v) is 12.3. The number of aromatic nitrogens is 2. The van der Waals surface area contributed by atoms with Crippen LogP contribution < -0.4 is 0 Å². The first kappa shape index (κ1) is 14.2. The number of hydrogen-bond acceptors (Lipinski definition) is 2. The van der Waals surface area contributed by atoms with Gasteiger partial charge >= 0.3 is 0 Å². The highest BCUT2D eigenvalue weighted by molar-refractivity contribution is 5.19. The Morgan fingerprint density at radius 2 is 2.14 bits per heavy atom. The summed E-state index contributed by atoms with van der Waals surface area (Å²) in [6.07, 6.45) is 4.04. The lowest BCUT2D eigenvalue weighted by atomic mass is 10.1. The van der Waals surface area contributed by atoms with Gasteiger partial charge in [0.25, 0.3) is 0 Å². The summed E-state index contributed by atoms with van der Waals surface area (Å²) in [6.45, 7) is 3.27. The number of aryl methyl sites for hydroxylation is 2. The molecule has 0 saturated carbocycles. The summed E-state index contributed by atoms with van der Waals surface area (Å²) in [5.74, 6) is 0.259. The van der Waals surface area contributed by atoms with Crippen LogP contribution in [-0.4, -0.2) is 21.0 Å². The lowest BCUT2D eigenvalue weighted by Gasteiger charge is -2.24. The van der Waals surface area contributed by atoms with E-state index in [1.807, 2.05) is 24.7 Å². The molecule has 5 heteroatoms. The van der Waals surface area contributed by atoms with Crippen molar-refractivity contribution in [3.8, 4) is 0 Å². The Bertz CT molecular complexity index is 651. The highest BCUT2D eigenvalue weighted by Gasteiger charge is 2.29. The molecule has 1 aromatic heterocycles. The highest BCUT2D eigenvalue weighted by Crippen LogP contribution is 2.32. The van der Waals surface area contributed by atoms with Crippen LogP contribution >= 0.6 is 0 Å². The van der Waals surface area contributed by atoms with Crippen LogP contribution in [0.4, 0.5) is 8.78 Å². The molecule has 0 N–H and O–H groups in total. The quantitative estimate of drug-likeness (QED) is 0.865. The molecular weight excluding hydrogens is 272 g/mol. The summed E-state index contributed by atoms with van der Waals surface area (Å²) < 4.78 is 29.2. The minimum atomic E-state index is -0.394. The van der Waals surface area contributed by atoms with Crippen LogP contribution in [0, 0.1) is 18.6 Å². The van der Waals surface area contributed by atoms with Gasteiger partial charge in [0.15, 0.2) is 0 Å². The van der Waals surface area contributed by atoms with Crippen LogP contribution in [0.1, 0.15) is 36.0 Å². The Labute approximate surface area is 123 Å². The molecule has 1 aromatic carbocycles. The number of likely N-dealkylation sites (tertiary alicyclic amines) is 1. The van der Waals surface area contributed by atoms with Crippen LogP contribution in [0.25, 0.3) is 0 Å². The van der Waals surface area contributed by atoms with Gasteiger partial charge in [0.2, 0.25) is 0 Å². The summed E-state index contributed by atoms with van der Waals surface area (Å²) in [7, 11) is 1.98. The Morgan fingerprint density at radius 1 is 1.33 bits per heavy atom. The third kappa shape index (κ3) is 2.83. The van der Waals surface area contributed by atoms with Crippen LogP contribution in [0.5, 0.6) is 0 Å². The van der Waals surface area contributed by atoms with Crippen molar-refractivity contribution in [3.63, 3.8) is 0 Å². The van der Waals surface area contributed by atoms with Crippen molar-refractivity contribution in [3.05, 3.63) is 53.1 Å². The van der Waals surface area contributed by atoms with E-state index in [4.69, 9.17) is 0 Å². The zero-order chi connectivity index (χ0) is 15.0. The fourth-order valence-electron chi connectivity index (χ4n) is 3.14. The topological polar surface area (TPSA) is 21.1 Å². The third-order valence-electron chi connectivity index (χ3n) is 4.08. The van der Waals surface area contributed by atoms with Crippen molar-refractivity contribution in [1.82, 2.24) is 14.5 Å². The fraction of sp³-hybridized carbons (Fsp3) is 0.438. The molecule has 0 spiro atoms. The van der Waals surface area contributed by atoms with Gasteiger partial charge in [0, 0.05) is 25.4 Å². The average Bonchev–Trinajstić information content (AvgIpc) is 3.00. The van der Waals surface area contributed by atoms with Gasteiger partial charge in [0.1, 0.15) is 17.5 Å². The standard InChI is InChI=1S/C16H19F2N3/c1-11-9-20(2)16(19-11)15-4-3-7-21(15)10-12-8-13(17)5-6-14(12)18/h5-6,8-9,15H,3-4,7,10H2,1-2H3. The van der Waals surface area contributed by atoms with Crippen LogP contribution in [0.2, 0.25) is 0 Å². The first-order valence-electron chi connectivity index (χ1n) is 7.22. The predicted molar refractivity (Wildman–Crippen MR) is 76.7 cm³/mol. The van der Waals surface area contributed by atoms with Gasteiger partial charge < -0.3 is 4.57 Å². The van der Waals surface area contributed by atoms with Gasteiger partial charge in [-0.05, 0) is 44.5 Å². The van der Waals surface area contributed by atoms with Gasteiger partial charge in [-0.1, -0.05) is 0 Å². The predicted octanol–water partition coefficient (Wildman–Crippen LogP) is 3.34. The molecule has 21 heavy (non-hydrogen) atoms. The van der Waals surface area contributed by atoms with E-state index in [-0.39, 0.29) is 11.9 Å². The van der Waals surface area contributed by atoms with Crippen molar-refractivity contribution >= 4 is 0 Å². The fourth-order valence-corrected chi connectivity index (χ4v) is 3.14. The monoisotopic (exact) mass is 291 g/mol. The maximum Gasteiger partial charge on any atom is 0.127 e. The molecule has 0 radical (unpaired) electrons. The number of halogens is 2. The van der Waals surface area contributed by atoms with E-state index < -0.39 is 5.82 Å². The summed E-state index contributed by atoms with van der Waals surface area (Å²) in [4.78, 5) is 6.76. The molecule has 1 aliphatic heterocycles. The maximum atomic E-state index is 13.8. The molecule has 0 aliphatic carbocycles. The molecule has 1 fully saturated rings. The molecule has 0 bridgehead atoms. The lowest BCUT2D eigenvalue weighted by Crippen LogP contribution is -2.25. The van der Waals surface area contributed by atoms with Gasteiger partial charge in [-0.3, -0.25) is 4.90 Å². The Balaban J connectivity index is 1.84. The van der Waals surface area contributed by atoms with E-state index in [0.717, 1.165) is 37.0 Å². The van der Waals surface area contributed by atoms with Crippen LogP contribution in [0.3, 0.4) is 0 Å². The molecule has 1 aliphatic rings. The number of benzene rings is 1.